The maximum Gasteiger partial charge on any atom is 0.348 e. The third-order valence-corrected chi connectivity index (χ3v) is 6.07. The smallest absolute Gasteiger partial charge is 0.348 e. The molecule has 5 heteroatoms. The summed E-state index contributed by atoms with van der Waals surface area (Å²) < 4.78 is 17.4. The zero-order valence-electron chi connectivity index (χ0n) is 17.7. The van der Waals surface area contributed by atoms with Crippen molar-refractivity contribution in [3.63, 3.8) is 0 Å². The second kappa shape index (κ2) is 8.50. The zero-order valence-corrected chi connectivity index (χ0v) is 17.7. The van der Waals surface area contributed by atoms with Gasteiger partial charge < -0.3 is 14.2 Å². The molecule has 0 aromatic heterocycles. The molecular weight excluding hydrogens is 404 g/mol. The van der Waals surface area contributed by atoms with Gasteiger partial charge in [-0.2, -0.15) is 0 Å². The normalized spacial score (nSPS) is 17.7. The molecule has 0 amide bonds. The number of hydrogen-bond donors (Lipinski definition) is 0. The second-order valence-corrected chi connectivity index (χ2v) is 8.28. The molecule has 1 aliphatic heterocycles. The number of rotatable bonds is 4. The summed E-state index contributed by atoms with van der Waals surface area (Å²) in [6.45, 7) is 0.368. The van der Waals surface area contributed by atoms with Gasteiger partial charge in [-0.25, -0.2) is 9.59 Å². The molecular formula is C27H24O5. The third kappa shape index (κ3) is 3.98. The van der Waals surface area contributed by atoms with Crippen LogP contribution in [0.15, 0.2) is 72.3 Å². The number of ether oxygens (including phenoxy) is 3. The lowest BCUT2D eigenvalue weighted by atomic mass is 9.93. The Hall–Kier alpha value is -3.60. The molecule has 1 aliphatic carbocycles. The van der Waals surface area contributed by atoms with Crippen LogP contribution >= 0.6 is 0 Å². The summed E-state index contributed by atoms with van der Waals surface area (Å²) in [5.74, 6) is -1.79. The monoisotopic (exact) mass is 428 g/mol. The van der Waals surface area contributed by atoms with Gasteiger partial charge in [0.15, 0.2) is 0 Å². The molecule has 2 aliphatic rings. The van der Waals surface area contributed by atoms with Crippen molar-refractivity contribution in [1.82, 2.24) is 0 Å². The Labute approximate surface area is 186 Å². The van der Waals surface area contributed by atoms with Gasteiger partial charge >= 0.3 is 11.9 Å². The fourth-order valence-electron chi connectivity index (χ4n) is 4.39. The van der Waals surface area contributed by atoms with E-state index < -0.39 is 17.7 Å². The van der Waals surface area contributed by atoms with Crippen molar-refractivity contribution >= 4 is 28.8 Å². The molecule has 32 heavy (non-hydrogen) atoms. The lowest BCUT2D eigenvalue weighted by Gasteiger charge is -2.38. The van der Waals surface area contributed by atoms with Gasteiger partial charge in [0.05, 0.1) is 0 Å². The highest BCUT2D eigenvalue weighted by Gasteiger charge is 2.46. The Morgan fingerprint density at radius 2 is 1.50 bits per heavy atom. The van der Waals surface area contributed by atoms with E-state index in [9.17, 15) is 9.59 Å². The van der Waals surface area contributed by atoms with E-state index >= 15 is 0 Å². The van der Waals surface area contributed by atoms with Crippen LogP contribution < -0.4 is 4.74 Å². The zero-order chi connectivity index (χ0) is 22.0. The number of hydrogen-bond acceptors (Lipinski definition) is 5. The van der Waals surface area contributed by atoms with Crippen LogP contribution in [0.3, 0.4) is 0 Å². The van der Waals surface area contributed by atoms with E-state index in [1.807, 2.05) is 66.7 Å². The van der Waals surface area contributed by atoms with Crippen LogP contribution in [0.5, 0.6) is 5.75 Å². The Bertz CT molecular complexity index is 1170. The third-order valence-electron chi connectivity index (χ3n) is 6.07. The van der Waals surface area contributed by atoms with Gasteiger partial charge in [-0.05, 0) is 41.3 Å². The molecule has 0 radical (unpaired) electrons. The molecule has 2 fully saturated rings. The van der Waals surface area contributed by atoms with E-state index in [0.29, 0.717) is 30.8 Å². The summed E-state index contributed by atoms with van der Waals surface area (Å²) in [5.41, 5.74) is 1.57. The maximum atomic E-state index is 12.9. The van der Waals surface area contributed by atoms with Crippen LogP contribution in [0, 0.1) is 0 Å². The molecule has 0 unspecified atom stereocenters. The van der Waals surface area contributed by atoms with Gasteiger partial charge in [0.2, 0.25) is 0 Å². The number of carbonyl (C=O) groups is 2. The average molecular weight is 428 g/mol. The summed E-state index contributed by atoms with van der Waals surface area (Å²) in [6, 6.07) is 21.4. The fourth-order valence-corrected chi connectivity index (χ4v) is 4.39. The van der Waals surface area contributed by atoms with Crippen LogP contribution in [0.1, 0.15) is 43.2 Å². The van der Waals surface area contributed by atoms with E-state index in [4.69, 9.17) is 14.2 Å². The predicted molar refractivity (Wildman–Crippen MR) is 121 cm³/mol. The number of benzene rings is 3. The SMILES string of the molecule is O=C1OC2(CCCCC2)OC(=O)C1=Cc1c(OCc2ccccc2)ccc2ccccc12. The Morgan fingerprint density at radius 1 is 0.812 bits per heavy atom. The Balaban J connectivity index is 1.51. The van der Waals surface area contributed by atoms with Crippen molar-refractivity contribution in [2.45, 2.75) is 44.5 Å². The van der Waals surface area contributed by atoms with Crippen molar-refractivity contribution in [2.24, 2.45) is 0 Å². The molecule has 1 heterocycles. The first kappa shape index (κ1) is 20.3. The number of esters is 2. The summed E-state index contributed by atoms with van der Waals surface area (Å²) in [7, 11) is 0. The molecule has 1 saturated carbocycles. The molecule has 1 spiro atoms. The van der Waals surface area contributed by atoms with Crippen molar-refractivity contribution in [1.29, 1.82) is 0 Å². The van der Waals surface area contributed by atoms with E-state index in [2.05, 4.69) is 0 Å². The molecule has 1 saturated heterocycles. The Kier molecular flexibility index (Phi) is 5.39. The summed E-state index contributed by atoms with van der Waals surface area (Å²) in [5, 5.41) is 1.86. The number of carbonyl (C=O) groups excluding carboxylic acids is 2. The highest BCUT2D eigenvalue weighted by atomic mass is 16.7. The van der Waals surface area contributed by atoms with Crippen molar-refractivity contribution in [3.05, 3.63) is 83.4 Å². The molecule has 0 atom stereocenters. The minimum atomic E-state index is -1.10. The molecule has 0 bridgehead atoms. The second-order valence-electron chi connectivity index (χ2n) is 8.28. The van der Waals surface area contributed by atoms with Crippen molar-refractivity contribution < 1.29 is 23.8 Å². The Morgan fingerprint density at radius 3 is 2.25 bits per heavy atom. The summed E-state index contributed by atoms with van der Waals surface area (Å²) >= 11 is 0. The largest absolute Gasteiger partial charge is 0.488 e. The summed E-state index contributed by atoms with van der Waals surface area (Å²) in [4.78, 5) is 25.8. The molecule has 162 valence electrons. The van der Waals surface area contributed by atoms with Gasteiger partial charge in [-0.1, -0.05) is 67.1 Å². The first-order valence-corrected chi connectivity index (χ1v) is 11.0. The van der Waals surface area contributed by atoms with Gasteiger partial charge in [-0.15, -0.1) is 0 Å². The first-order chi connectivity index (χ1) is 15.6. The topological polar surface area (TPSA) is 61.8 Å². The van der Waals surface area contributed by atoms with Crippen LogP contribution in [0.25, 0.3) is 16.8 Å². The van der Waals surface area contributed by atoms with Crippen LogP contribution in [-0.4, -0.2) is 17.7 Å². The van der Waals surface area contributed by atoms with Gasteiger partial charge in [0.1, 0.15) is 17.9 Å². The molecule has 3 aromatic carbocycles. The summed E-state index contributed by atoms with van der Waals surface area (Å²) in [6.07, 6.45) is 5.45. The molecule has 3 aromatic rings. The fraction of sp³-hybridized carbons (Fsp3) is 0.259. The quantitative estimate of drug-likeness (QED) is 0.309. The van der Waals surface area contributed by atoms with E-state index in [1.54, 1.807) is 6.08 Å². The first-order valence-electron chi connectivity index (χ1n) is 11.0. The standard InChI is InChI=1S/C27H24O5/c28-25-23(26(29)32-27(31-25)15-7-2-8-16-27)17-22-21-12-6-5-11-20(21)13-14-24(22)30-18-19-9-3-1-4-10-19/h1,3-6,9-14,17H,2,7-8,15-16,18H2. The van der Waals surface area contributed by atoms with Crippen LogP contribution in [0.2, 0.25) is 0 Å². The number of fused-ring (bicyclic) bond motifs is 1. The van der Waals surface area contributed by atoms with Crippen LogP contribution in [-0.2, 0) is 25.7 Å². The van der Waals surface area contributed by atoms with Gasteiger partial charge in [0, 0.05) is 18.4 Å². The highest BCUT2D eigenvalue weighted by molar-refractivity contribution is 6.20. The minimum Gasteiger partial charge on any atom is -0.488 e. The lowest BCUT2D eigenvalue weighted by molar-refractivity contribution is -0.244. The van der Waals surface area contributed by atoms with Crippen molar-refractivity contribution in [2.75, 3.05) is 0 Å². The maximum absolute atomic E-state index is 12.9. The van der Waals surface area contributed by atoms with E-state index in [1.165, 1.54) is 0 Å². The van der Waals surface area contributed by atoms with Gasteiger partial charge in [-0.3, -0.25) is 0 Å². The van der Waals surface area contributed by atoms with E-state index in [-0.39, 0.29) is 5.57 Å². The predicted octanol–water partition coefficient (Wildman–Crippen LogP) is 5.56. The molecule has 5 rings (SSSR count). The average Bonchev–Trinajstić information content (AvgIpc) is 2.81. The van der Waals surface area contributed by atoms with Crippen LogP contribution in [0.4, 0.5) is 0 Å². The molecule has 5 nitrogen and oxygen atoms in total. The van der Waals surface area contributed by atoms with E-state index in [0.717, 1.165) is 35.6 Å². The van der Waals surface area contributed by atoms with Gasteiger partial charge in [0.25, 0.3) is 5.79 Å². The highest BCUT2D eigenvalue weighted by Crippen LogP contribution is 2.38. The minimum absolute atomic E-state index is 0.109. The molecule has 0 N–H and O–H groups in total. The van der Waals surface area contributed by atoms with Crippen molar-refractivity contribution in [3.8, 4) is 5.75 Å². The lowest BCUT2D eigenvalue weighted by Crippen LogP contribution is -2.47.